The van der Waals surface area contributed by atoms with Crippen molar-refractivity contribution in [1.29, 1.82) is 0 Å². The molecule has 0 aliphatic heterocycles. The largest absolute Gasteiger partial charge is 0.457 e. The van der Waals surface area contributed by atoms with Crippen molar-refractivity contribution in [3.63, 3.8) is 0 Å². The first-order valence-corrected chi connectivity index (χ1v) is 12.8. The lowest BCUT2D eigenvalue weighted by molar-refractivity contribution is -0.154. The van der Waals surface area contributed by atoms with Gasteiger partial charge in [0, 0.05) is 13.0 Å². The standard InChI is InChI=1S/C26H50O4/c1-3-5-7-8-9-10-11-12-13-14-15-16-17-18-20-22-29-24-25(23-27)30-26(28)21-19-6-4-2/h11-12,25,27H,3-10,13-24H2,1-2H3/b12-11-. The molecule has 4 heteroatoms. The fraction of sp³-hybridized carbons (Fsp3) is 0.885. The third kappa shape index (κ3) is 21.8. The molecule has 0 saturated heterocycles. The van der Waals surface area contributed by atoms with Gasteiger partial charge in [-0.1, -0.05) is 90.2 Å². The summed E-state index contributed by atoms with van der Waals surface area (Å²) in [7, 11) is 0. The normalized spacial score (nSPS) is 12.5. The van der Waals surface area contributed by atoms with E-state index >= 15 is 0 Å². The lowest BCUT2D eigenvalue weighted by Gasteiger charge is -2.15. The number of esters is 1. The lowest BCUT2D eigenvalue weighted by Crippen LogP contribution is -2.27. The van der Waals surface area contributed by atoms with E-state index in [0.717, 1.165) is 25.7 Å². The topological polar surface area (TPSA) is 55.8 Å². The highest BCUT2D eigenvalue weighted by Crippen LogP contribution is 2.10. The highest BCUT2D eigenvalue weighted by molar-refractivity contribution is 5.69. The Morgan fingerprint density at radius 1 is 0.767 bits per heavy atom. The zero-order valence-electron chi connectivity index (χ0n) is 20.0. The molecule has 0 aliphatic rings. The van der Waals surface area contributed by atoms with Crippen LogP contribution in [0.3, 0.4) is 0 Å². The van der Waals surface area contributed by atoms with Crippen LogP contribution in [0.1, 0.15) is 123 Å². The average molecular weight is 427 g/mol. The molecule has 0 aromatic heterocycles. The van der Waals surface area contributed by atoms with Gasteiger partial charge in [0.2, 0.25) is 0 Å². The maximum Gasteiger partial charge on any atom is 0.306 e. The van der Waals surface area contributed by atoms with Crippen molar-refractivity contribution in [2.75, 3.05) is 19.8 Å². The van der Waals surface area contributed by atoms with Crippen LogP contribution in [-0.2, 0) is 14.3 Å². The third-order valence-electron chi connectivity index (χ3n) is 5.34. The summed E-state index contributed by atoms with van der Waals surface area (Å²) >= 11 is 0. The van der Waals surface area contributed by atoms with E-state index in [9.17, 15) is 9.90 Å². The molecule has 0 saturated carbocycles. The molecule has 0 aromatic rings. The fourth-order valence-electron chi connectivity index (χ4n) is 3.38. The van der Waals surface area contributed by atoms with Crippen LogP contribution in [0, 0.1) is 0 Å². The summed E-state index contributed by atoms with van der Waals surface area (Å²) < 4.78 is 10.8. The van der Waals surface area contributed by atoms with Gasteiger partial charge in [0.25, 0.3) is 0 Å². The molecule has 0 aromatic carbocycles. The van der Waals surface area contributed by atoms with Crippen LogP contribution < -0.4 is 0 Å². The van der Waals surface area contributed by atoms with Crippen LogP contribution in [0.5, 0.6) is 0 Å². The van der Waals surface area contributed by atoms with Crippen molar-refractivity contribution in [1.82, 2.24) is 0 Å². The zero-order valence-corrected chi connectivity index (χ0v) is 20.0. The maximum absolute atomic E-state index is 11.7. The Balaban J connectivity index is 3.37. The Kier molecular flexibility index (Phi) is 23.7. The molecule has 1 unspecified atom stereocenters. The third-order valence-corrected chi connectivity index (χ3v) is 5.34. The number of aliphatic hydroxyl groups excluding tert-OH is 1. The highest BCUT2D eigenvalue weighted by Gasteiger charge is 2.13. The van der Waals surface area contributed by atoms with Crippen LogP contribution in [0.25, 0.3) is 0 Å². The predicted molar refractivity (Wildman–Crippen MR) is 127 cm³/mol. The fourth-order valence-corrected chi connectivity index (χ4v) is 3.38. The lowest BCUT2D eigenvalue weighted by atomic mass is 10.1. The van der Waals surface area contributed by atoms with Gasteiger partial charge < -0.3 is 14.6 Å². The first-order chi connectivity index (χ1) is 14.7. The molecule has 0 fully saturated rings. The Hall–Kier alpha value is -0.870. The minimum Gasteiger partial charge on any atom is -0.457 e. The van der Waals surface area contributed by atoms with Gasteiger partial charge in [0.15, 0.2) is 0 Å². The van der Waals surface area contributed by atoms with Gasteiger partial charge in [-0.25, -0.2) is 0 Å². The van der Waals surface area contributed by atoms with Crippen molar-refractivity contribution in [3.05, 3.63) is 12.2 Å². The number of ether oxygens (including phenoxy) is 2. The summed E-state index contributed by atoms with van der Waals surface area (Å²) in [4.78, 5) is 11.7. The van der Waals surface area contributed by atoms with Gasteiger partial charge in [-0.3, -0.25) is 4.79 Å². The maximum atomic E-state index is 11.7. The molecule has 0 rings (SSSR count). The van der Waals surface area contributed by atoms with Crippen LogP contribution in [-0.4, -0.2) is 37.0 Å². The van der Waals surface area contributed by atoms with Crippen molar-refractivity contribution >= 4 is 5.97 Å². The van der Waals surface area contributed by atoms with Gasteiger partial charge in [-0.15, -0.1) is 0 Å². The average Bonchev–Trinajstić information content (AvgIpc) is 2.75. The number of unbranched alkanes of at least 4 members (excludes halogenated alkanes) is 13. The van der Waals surface area contributed by atoms with Crippen molar-refractivity contribution in [3.8, 4) is 0 Å². The van der Waals surface area contributed by atoms with Gasteiger partial charge in [0.05, 0.1) is 13.2 Å². The second-order valence-electron chi connectivity index (χ2n) is 8.41. The Bertz CT molecular complexity index is 381. The molecular weight excluding hydrogens is 376 g/mol. The van der Waals surface area contributed by atoms with Gasteiger partial charge in [-0.05, 0) is 38.5 Å². The van der Waals surface area contributed by atoms with E-state index in [1.165, 1.54) is 77.0 Å². The summed E-state index contributed by atoms with van der Waals surface area (Å²) in [5, 5.41) is 9.32. The van der Waals surface area contributed by atoms with E-state index in [2.05, 4.69) is 26.0 Å². The molecule has 178 valence electrons. The Labute approximate surface area is 186 Å². The molecule has 1 atom stereocenters. The van der Waals surface area contributed by atoms with Crippen molar-refractivity contribution in [2.45, 2.75) is 129 Å². The Morgan fingerprint density at radius 2 is 1.30 bits per heavy atom. The predicted octanol–water partition coefficient (Wildman–Crippen LogP) is 7.13. The SMILES string of the molecule is CCCCCCC/C=C\CCCCCCCCOCC(CO)OC(=O)CCCCC. The van der Waals surface area contributed by atoms with Crippen LogP contribution >= 0.6 is 0 Å². The minimum absolute atomic E-state index is 0.174. The highest BCUT2D eigenvalue weighted by atomic mass is 16.6. The number of aliphatic hydroxyl groups is 1. The first kappa shape index (κ1) is 29.1. The second kappa shape index (κ2) is 24.4. The summed E-state index contributed by atoms with van der Waals surface area (Å²) in [6.45, 7) is 5.15. The second-order valence-corrected chi connectivity index (χ2v) is 8.41. The zero-order chi connectivity index (χ0) is 22.1. The van der Waals surface area contributed by atoms with E-state index in [0.29, 0.717) is 19.6 Å². The van der Waals surface area contributed by atoms with Crippen molar-refractivity contribution in [2.24, 2.45) is 0 Å². The number of hydrogen-bond acceptors (Lipinski definition) is 4. The van der Waals surface area contributed by atoms with Crippen LogP contribution in [0.2, 0.25) is 0 Å². The summed E-state index contributed by atoms with van der Waals surface area (Å²) in [6.07, 6.45) is 24.2. The van der Waals surface area contributed by atoms with E-state index in [1.54, 1.807) is 0 Å². The van der Waals surface area contributed by atoms with Crippen LogP contribution in [0.15, 0.2) is 12.2 Å². The monoisotopic (exact) mass is 426 g/mol. The molecule has 0 aliphatic carbocycles. The molecule has 30 heavy (non-hydrogen) atoms. The van der Waals surface area contributed by atoms with E-state index < -0.39 is 6.10 Å². The molecule has 0 heterocycles. The minimum atomic E-state index is -0.525. The van der Waals surface area contributed by atoms with Gasteiger partial charge in [-0.2, -0.15) is 0 Å². The summed E-state index contributed by atoms with van der Waals surface area (Å²) in [5.74, 6) is -0.229. The number of hydrogen-bond donors (Lipinski definition) is 1. The van der Waals surface area contributed by atoms with Crippen molar-refractivity contribution < 1.29 is 19.4 Å². The number of rotatable bonds is 23. The molecule has 0 spiro atoms. The molecule has 0 amide bonds. The molecular formula is C26H50O4. The quantitative estimate of drug-likeness (QED) is 0.107. The number of carbonyl (C=O) groups is 1. The molecule has 0 bridgehead atoms. The molecule has 0 radical (unpaired) electrons. The molecule has 4 nitrogen and oxygen atoms in total. The van der Waals surface area contributed by atoms with Gasteiger partial charge >= 0.3 is 5.97 Å². The summed E-state index contributed by atoms with van der Waals surface area (Å²) in [6, 6.07) is 0. The smallest absolute Gasteiger partial charge is 0.306 e. The Morgan fingerprint density at radius 3 is 1.90 bits per heavy atom. The first-order valence-electron chi connectivity index (χ1n) is 12.8. The van der Waals surface area contributed by atoms with Crippen LogP contribution in [0.4, 0.5) is 0 Å². The summed E-state index contributed by atoms with van der Waals surface area (Å²) in [5.41, 5.74) is 0. The van der Waals surface area contributed by atoms with E-state index in [4.69, 9.17) is 9.47 Å². The van der Waals surface area contributed by atoms with Gasteiger partial charge in [0.1, 0.15) is 6.10 Å². The molecule has 1 N–H and O–H groups in total. The number of allylic oxidation sites excluding steroid dienone is 2. The van der Waals surface area contributed by atoms with E-state index in [-0.39, 0.29) is 12.6 Å². The van der Waals surface area contributed by atoms with E-state index in [1.807, 2.05) is 0 Å². The number of carbonyl (C=O) groups excluding carboxylic acids is 1.